The zero-order valence-electron chi connectivity index (χ0n) is 13.7. The number of amides is 1. The second-order valence-corrected chi connectivity index (χ2v) is 5.60. The van der Waals surface area contributed by atoms with E-state index in [4.69, 9.17) is 14.2 Å². The number of methoxy groups -OCH3 is 1. The second kappa shape index (κ2) is 7.84. The van der Waals surface area contributed by atoms with E-state index in [0.717, 1.165) is 19.4 Å². The summed E-state index contributed by atoms with van der Waals surface area (Å²) in [6, 6.07) is 14.5. The topological polar surface area (TPSA) is 56.8 Å². The fourth-order valence-corrected chi connectivity index (χ4v) is 2.68. The highest BCUT2D eigenvalue weighted by Crippen LogP contribution is 2.27. The van der Waals surface area contributed by atoms with E-state index >= 15 is 0 Å². The lowest BCUT2D eigenvalue weighted by atomic mass is 10.2. The number of nitrogens with one attached hydrogen (secondary N) is 1. The van der Waals surface area contributed by atoms with Gasteiger partial charge in [0, 0.05) is 6.61 Å². The van der Waals surface area contributed by atoms with Gasteiger partial charge in [-0.3, -0.25) is 4.79 Å². The summed E-state index contributed by atoms with van der Waals surface area (Å²) >= 11 is 0. The molecule has 1 saturated heterocycles. The lowest BCUT2D eigenvalue weighted by Crippen LogP contribution is -2.18. The molecular weight excluding hydrogens is 306 g/mol. The summed E-state index contributed by atoms with van der Waals surface area (Å²) in [4.78, 5) is 12.5. The van der Waals surface area contributed by atoms with Crippen molar-refractivity contribution in [3.63, 3.8) is 0 Å². The number of carbonyl (C=O) groups excluding carboxylic acids is 1. The Balaban J connectivity index is 1.71. The SMILES string of the molecule is COc1ccccc1C(=O)Nc1ccccc1OC[C@H]1CCCO1. The van der Waals surface area contributed by atoms with E-state index in [1.165, 1.54) is 0 Å². The molecule has 24 heavy (non-hydrogen) atoms. The summed E-state index contributed by atoms with van der Waals surface area (Å²) in [5.41, 5.74) is 1.11. The third kappa shape index (κ3) is 3.86. The van der Waals surface area contributed by atoms with Gasteiger partial charge in [-0.25, -0.2) is 0 Å². The van der Waals surface area contributed by atoms with Crippen molar-refractivity contribution in [3.8, 4) is 11.5 Å². The second-order valence-electron chi connectivity index (χ2n) is 5.60. The number of benzene rings is 2. The van der Waals surface area contributed by atoms with Crippen molar-refractivity contribution in [2.75, 3.05) is 25.6 Å². The van der Waals surface area contributed by atoms with Gasteiger partial charge in [-0.1, -0.05) is 24.3 Å². The number of hydrogen-bond donors (Lipinski definition) is 1. The summed E-state index contributed by atoms with van der Waals surface area (Å²) in [6.07, 6.45) is 2.21. The van der Waals surface area contributed by atoms with E-state index in [9.17, 15) is 4.79 Å². The summed E-state index contributed by atoms with van der Waals surface area (Å²) in [5, 5.41) is 2.89. The van der Waals surface area contributed by atoms with Gasteiger partial charge in [0.25, 0.3) is 5.91 Å². The molecule has 3 rings (SSSR count). The van der Waals surface area contributed by atoms with Gasteiger partial charge >= 0.3 is 0 Å². The van der Waals surface area contributed by atoms with Crippen molar-refractivity contribution in [1.82, 2.24) is 0 Å². The number of rotatable bonds is 6. The first-order chi connectivity index (χ1) is 11.8. The largest absolute Gasteiger partial charge is 0.496 e. The molecule has 0 saturated carbocycles. The number of para-hydroxylation sites is 3. The summed E-state index contributed by atoms with van der Waals surface area (Å²) in [7, 11) is 1.55. The smallest absolute Gasteiger partial charge is 0.259 e. The highest BCUT2D eigenvalue weighted by Gasteiger charge is 2.18. The van der Waals surface area contributed by atoms with Crippen molar-refractivity contribution in [1.29, 1.82) is 0 Å². The third-order valence-corrected chi connectivity index (χ3v) is 3.94. The lowest BCUT2D eigenvalue weighted by Gasteiger charge is -2.15. The van der Waals surface area contributed by atoms with Gasteiger partial charge < -0.3 is 19.5 Å². The molecule has 0 aromatic heterocycles. The zero-order valence-corrected chi connectivity index (χ0v) is 13.7. The van der Waals surface area contributed by atoms with E-state index in [1.807, 2.05) is 30.3 Å². The van der Waals surface area contributed by atoms with Crippen LogP contribution in [0.5, 0.6) is 11.5 Å². The van der Waals surface area contributed by atoms with Crippen molar-refractivity contribution >= 4 is 11.6 Å². The van der Waals surface area contributed by atoms with Crippen LogP contribution in [-0.2, 0) is 4.74 Å². The molecule has 1 N–H and O–H groups in total. The quantitative estimate of drug-likeness (QED) is 0.882. The van der Waals surface area contributed by atoms with Crippen LogP contribution < -0.4 is 14.8 Å². The molecule has 0 unspecified atom stereocenters. The molecule has 1 fully saturated rings. The standard InChI is InChI=1S/C19H21NO4/c1-22-17-10-4-2-8-15(17)19(21)20-16-9-3-5-11-18(16)24-13-14-7-6-12-23-14/h2-5,8-11,14H,6-7,12-13H2,1H3,(H,20,21)/t14-/m1/s1. The van der Waals surface area contributed by atoms with E-state index in [2.05, 4.69) is 5.32 Å². The molecule has 126 valence electrons. The van der Waals surface area contributed by atoms with Crippen LogP contribution in [0.25, 0.3) is 0 Å². The van der Waals surface area contributed by atoms with Crippen LogP contribution in [0.3, 0.4) is 0 Å². The minimum atomic E-state index is -0.236. The molecule has 0 radical (unpaired) electrons. The molecule has 0 bridgehead atoms. The molecule has 0 spiro atoms. The Kier molecular flexibility index (Phi) is 5.33. The van der Waals surface area contributed by atoms with E-state index in [-0.39, 0.29) is 12.0 Å². The number of anilines is 1. The molecule has 5 heteroatoms. The molecule has 1 aliphatic rings. The van der Waals surface area contributed by atoms with Gasteiger partial charge in [0.05, 0.1) is 24.5 Å². The Morgan fingerprint density at radius 1 is 1.17 bits per heavy atom. The van der Waals surface area contributed by atoms with Crippen molar-refractivity contribution in [3.05, 3.63) is 54.1 Å². The van der Waals surface area contributed by atoms with Crippen LogP contribution in [-0.4, -0.2) is 32.3 Å². The first kappa shape index (κ1) is 16.3. The zero-order chi connectivity index (χ0) is 16.8. The molecule has 1 aliphatic heterocycles. The molecule has 2 aromatic carbocycles. The molecule has 1 heterocycles. The molecule has 2 aromatic rings. The average Bonchev–Trinajstić information content (AvgIpc) is 3.14. The number of ether oxygens (including phenoxy) is 3. The maximum Gasteiger partial charge on any atom is 0.259 e. The summed E-state index contributed by atoms with van der Waals surface area (Å²) < 4.78 is 16.7. The van der Waals surface area contributed by atoms with Crippen molar-refractivity contribution in [2.45, 2.75) is 18.9 Å². The van der Waals surface area contributed by atoms with Crippen LogP contribution in [0.4, 0.5) is 5.69 Å². The average molecular weight is 327 g/mol. The van der Waals surface area contributed by atoms with Gasteiger partial charge in [-0.2, -0.15) is 0 Å². The van der Waals surface area contributed by atoms with Crippen LogP contribution in [0, 0.1) is 0 Å². The number of carbonyl (C=O) groups is 1. The molecule has 0 aliphatic carbocycles. The maximum absolute atomic E-state index is 12.5. The Morgan fingerprint density at radius 2 is 1.92 bits per heavy atom. The van der Waals surface area contributed by atoms with E-state index in [1.54, 1.807) is 25.3 Å². The molecule has 1 amide bonds. The van der Waals surface area contributed by atoms with Crippen LogP contribution >= 0.6 is 0 Å². The van der Waals surface area contributed by atoms with Crippen LogP contribution in [0.2, 0.25) is 0 Å². The fourth-order valence-electron chi connectivity index (χ4n) is 2.68. The number of hydrogen-bond acceptors (Lipinski definition) is 4. The lowest BCUT2D eigenvalue weighted by molar-refractivity contribution is 0.0682. The minimum absolute atomic E-state index is 0.128. The molecular formula is C19H21NO4. The normalized spacial score (nSPS) is 16.6. The van der Waals surface area contributed by atoms with Crippen molar-refractivity contribution in [2.24, 2.45) is 0 Å². The molecule has 1 atom stereocenters. The van der Waals surface area contributed by atoms with Crippen LogP contribution in [0.1, 0.15) is 23.2 Å². The Bertz CT molecular complexity index is 695. The maximum atomic E-state index is 12.5. The highest BCUT2D eigenvalue weighted by molar-refractivity contribution is 6.06. The fraction of sp³-hybridized carbons (Fsp3) is 0.316. The minimum Gasteiger partial charge on any atom is -0.496 e. The third-order valence-electron chi connectivity index (χ3n) is 3.94. The van der Waals surface area contributed by atoms with Gasteiger partial charge in [0.1, 0.15) is 18.1 Å². The Labute approximate surface area is 141 Å². The van der Waals surface area contributed by atoms with Crippen molar-refractivity contribution < 1.29 is 19.0 Å². The predicted molar refractivity (Wildman–Crippen MR) is 91.9 cm³/mol. The van der Waals surface area contributed by atoms with E-state index in [0.29, 0.717) is 29.4 Å². The highest BCUT2D eigenvalue weighted by atomic mass is 16.5. The summed E-state index contributed by atoms with van der Waals surface area (Å²) in [6.45, 7) is 1.28. The van der Waals surface area contributed by atoms with E-state index < -0.39 is 0 Å². The Hall–Kier alpha value is -2.53. The summed E-state index contributed by atoms with van der Waals surface area (Å²) in [5.74, 6) is 0.935. The van der Waals surface area contributed by atoms with Gasteiger partial charge in [0.15, 0.2) is 0 Å². The molecule has 5 nitrogen and oxygen atoms in total. The van der Waals surface area contributed by atoms with Gasteiger partial charge in [-0.15, -0.1) is 0 Å². The van der Waals surface area contributed by atoms with Gasteiger partial charge in [0.2, 0.25) is 0 Å². The predicted octanol–water partition coefficient (Wildman–Crippen LogP) is 3.51. The van der Waals surface area contributed by atoms with Crippen LogP contribution in [0.15, 0.2) is 48.5 Å². The monoisotopic (exact) mass is 327 g/mol. The first-order valence-corrected chi connectivity index (χ1v) is 8.05. The first-order valence-electron chi connectivity index (χ1n) is 8.05. The van der Waals surface area contributed by atoms with Gasteiger partial charge in [-0.05, 0) is 37.1 Å². The Morgan fingerprint density at radius 3 is 2.67 bits per heavy atom.